The molecule has 1 fully saturated rings. The molecule has 0 aliphatic carbocycles. The van der Waals surface area contributed by atoms with E-state index >= 15 is 0 Å². The van der Waals surface area contributed by atoms with Gasteiger partial charge in [-0.3, -0.25) is 0 Å². The second kappa shape index (κ2) is 9.78. The highest BCUT2D eigenvalue weighted by molar-refractivity contribution is 5.79. The van der Waals surface area contributed by atoms with E-state index in [1.165, 1.54) is 25.9 Å². The van der Waals surface area contributed by atoms with E-state index in [4.69, 9.17) is 0 Å². The maximum atomic E-state index is 10.7. The predicted molar refractivity (Wildman–Crippen MR) is 105 cm³/mol. The minimum absolute atomic E-state index is 0.326. The predicted octanol–water partition coefficient (Wildman–Crippen LogP) is 2.18. The smallest absolute Gasteiger partial charge is 0.191 e. The van der Waals surface area contributed by atoms with Gasteiger partial charge in [0.2, 0.25) is 0 Å². The molecule has 25 heavy (non-hydrogen) atoms. The van der Waals surface area contributed by atoms with Crippen molar-refractivity contribution >= 4 is 5.96 Å². The summed E-state index contributed by atoms with van der Waals surface area (Å²) in [6.45, 7) is 11.8. The third-order valence-electron chi connectivity index (χ3n) is 4.67. The van der Waals surface area contributed by atoms with Crippen molar-refractivity contribution in [2.75, 3.05) is 39.3 Å². The lowest BCUT2D eigenvalue weighted by atomic mass is 9.96. The number of aliphatic imine (C=N–C) groups is 1. The van der Waals surface area contributed by atoms with Gasteiger partial charge in [-0.25, -0.2) is 4.99 Å². The summed E-state index contributed by atoms with van der Waals surface area (Å²) < 4.78 is 0. The van der Waals surface area contributed by atoms with Crippen LogP contribution in [0.25, 0.3) is 0 Å². The molecule has 0 saturated carbocycles. The molecule has 2 unspecified atom stereocenters. The summed E-state index contributed by atoms with van der Waals surface area (Å²) in [5.41, 5.74) is -0.0814. The molecule has 1 saturated heterocycles. The number of aliphatic hydroxyl groups is 1. The summed E-state index contributed by atoms with van der Waals surface area (Å²) in [4.78, 5) is 7.13. The first-order chi connectivity index (χ1) is 12.0. The van der Waals surface area contributed by atoms with Crippen molar-refractivity contribution in [2.24, 2.45) is 10.9 Å². The molecule has 2 atom stereocenters. The van der Waals surface area contributed by atoms with Gasteiger partial charge in [-0.1, -0.05) is 37.3 Å². The van der Waals surface area contributed by atoms with Crippen molar-refractivity contribution in [2.45, 2.75) is 39.2 Å². The molecule has 0 aromatic heterocycles. The standard InChI is InChI=1S/C20H34N4O/c1-4-21-19(22-14-17(2)15-24-12-8-9-13-24)23-16-20(3,25)18-10-6-5-7-11-18/h5-7,10-11,17,25H,4,8-9,12-16H2,1-3H3,(H2,21,22,23). The Morgan fingerprint density at radius 2 is 1.92 bits per heavy atom. The number of benzene rings is 1. The van der Waals surface area contributed by atoms with Gasteiger partial charge in [-0.15, -0.1) is 0 Å². The second-order valence-corrected chi connectivity index (χ2v) is 7.33. The molecule has 5 nitrogen and oxygen atoms in total. The minimum atomic E-state index is -0.967. The third kappa shape index (κ3) is 6.67. The van der Waals surface area contributed by atoms with Crippen LogP contribution in [0.1, 0.15) is 39.2 Å². The van der Waals surface area contributed by atoms with E-state index in [0.29, 0.717) is 12.5 Å². The molecule has 1 aliphatic rings. The number of guanidine groups is 1. The Hall–Kier alpha value is -1.59. The van der Waals surface area contributed by atoms with Crippen LogP contribution >= 0.6 is 0 Å². The van der Waals surface area contributed by atoms with Crippen molar-refractivity contribution in [1.29, 1.82) is 0 Å². The number of likely N-dealkylation sites (tertiary alicyclic amines) is 1. The minimum Gasteiger partial charge on any atom is -0.384 e. The van der Waals surface area contributed by atoms with E-state index in [-0.39, 0.29) is 0 Å². The van der Waals surface area contributed by atoms with Crippen LogP contribution in [0.15, 0.2) is 35.3 Å². The molecule has 0 amide bonds. The second-order valence-electron chi connectivity index (χ2n) is 7.33. The first-order valence-electron chi connectivity index (χ1n) is 9.53. The highest BCUT2D eigenvalue weighted by Crippen LogP contribution is 2.20. The van der Waals surface area contributed by atoms with Gasteiger partial charge in [-0.2, -0.15) is 0 Å². The molecule has 1 aliphatic heterocycles. The molecule has 0 radical (unpaired) electrons. The van der Waals surface area contributed by atoms with E-state index in [1.807, 2.05) is 37.3 Å². The first-order valence-corrected chi connectivity index (χ1v) is 9.53. The van der Waals surface area contributed by atoms with Gasteiger partial charge < -0.3 is 20.6 Å². The Morgan fingerprint density at radius 3 is 2.56 bits per heavy atom. The third-order valence-corrected chi connectivity index (χ3v) is 4.67. The van der Waals surface area contributed by atoms with Gasteiger partial charge in [0.1, 0.15) is 5.60 Å². The summed E-state index contributed by atoms with van der Waals surface area (Å²) in [7, 11) is 0. The maximum absolute atomic E-state index is 10.7. The Labute approximate surface area is 152 Å². The van der Waals surface area contributed by atoms with Crippen molar-refractivity contribution in [3.8, 4) is 0 Å². The van der Waals surface area contributed by atoms with Gasteiger partial charge >= 0.3 is 0 Å². The van der Waals surface area contributed by atoms with E-state index in [9.17, 15) is 5.11 Å². The Kier molecular flexibility index (Phi) is 7.72. The number of nitrogens with one attached hydrogen (secondary N) is 2. The fraction of sp³-hybridized carbons (Fsp3) is 0.650. The molecule has 5 heteroatoms. The highest BCUT2D eigenvalue weighted by Gasteiger charge is 2.22. The molecule has 140 valence electrons. The van der Waals surface area contributed by atoms with Crippen molar-refractivity contribution in [3.63, 3.8) is 0 Å². The van der Waals surface area contributed by atoms with Crippen LogP contribution in [0.4, 0.5) is 0 Å². The monoisotopic (exact) mass is 346 g/mol. The molecule has 1 aromatic rings. The average molecular weight is 347 g/mol. The van der Waals surface area contributed by atoms with Crippen molar-refractivity contribution in [3.05, 3.63) is 35.9 Å². The molecule has 1 aromatic carbocycles. The van der Waals surface area contributed by atoms with Gasteiger partial charge in [-0.05, 0) is 51.3 Å². The van der Waals surface area contributed by atoms with E-state index in [1.54, 1.807) is 0 Å². The van der Waals surface area contributed by atoms with Crippen LogP contribution in [0.3, 0.4) is 0 Å². The van der Waals surface area contributed by atoms with Crippen LogP contribution < -0.4 is 10.6 Å². The quantitative estimate of drug-likeness (QED) is 0.499. The summed E-state index contributed by atoms with van der Waals surface area (Å²) in [6.07, 6.45) is 2.66. The number of hydrogen-bond donors (Lipinski definition) is 3. The number of nitrogens with zero attached hydrogens (tertiary/aromatic N) is 2. The molecular weight excluding hydrogens is 312 g/mol. The SMILES string of the molecule is CCNC(=NCC(C)(O)c1ccccc1)NCC(C)CN1CCCC1. The molecule has 0 spiro atoms. The summed E-state index contributed by atoms with van der Waals surface area (Å²) >= 11 is 0. The van der Waals surface area contributed by atoms with E-state index in [0.717, 1.165) is 31.2 Å². The fourth-order valence-electron chi connectivity index (χ4n) is 3.20. The number of hydrogen-bond acceptors (Lipinski definition) is 3. The summed E-state index contributed by atoms with van der Waals surface area (Å²) in [6, 6.07) is 9.71. The Bertz CT molecular complexity index is 524. The Balaban J connectivity index is 1.86. The maximum Gasteiger partial charge on any atom is 0.191 e. The fourth-order valence-corrected chi connectivity index (χ4v) is 3.20. The average Bonchev–Trinajstić information content (AvgIpc) is 3.11. The van der Waals surface area contributed by atoms with Gasteiger partial charge in [0.25, 0.3) is 0 Å². The zero-order valence-corrected chi connectivity index (χ0v) is 16.0. The van der Waals surface area contributed by atoms with E-state index < -0.39 is 5.60 Å². The first kappa shape index (κ1) is 19.7. The summed E-state index contributed by atoms with van der Waals surface area (Å²) in [5.74, 6) is 1.34. The van der Waals surface area contributed by atoms with Gasteiger partial charge in [0.15, 0.2) is 5.96 Å². The molecule has 2 rings (SSSR count). The lowest BCUT2D eigenvalue weighted by molar-refractivity contribution is 0.0672. The topological polar surface area (TPSA) is 59.9 Å². The lowest BCUT2D eigenvalue weighted by Crippen LogP contribution is -2.42. The van der Waals surface area contributed by atoms with Crippen molar-refractivity contribution in [1.82, 2.24) is 15.5 Å². The van der Waals surface area contributed by atoms with Crippen molar-refractivity contribution < 1.29 is 5.11 Å². The zero-order chi connectivity index (χ0) is 18.1. The largest absolute Gasteiger partial charge is 0.384 e. The molecule has 3 N–H and O–H groups in total. The van der Waals surface area contributed by atoms with Gasteiger partial charge in [0, 0.05) is 19.6 Å². The molecular formula is C20H34N4O. The van der Waals surface area contributed by atoms with E-state index in [2.05, 4.69) is 34.4 Å². The lowest BCUT2D eigenvalue weighted by Gasteiger charge is -2.24. The summed E-state index contributed by atoms with van der Waals surface area (Å²) in [5, 5.41) is 17.4. The molecule has 1 heterocycles. The normalized spacial score (nSPS) is 19.4. The zero-order valence-electron chi connectivity index (χ0n) is 16.0. The van der Waals surface area contributed by atoms with Crippen LogP contribution in [0.2, 0.25) is 0 Å². The highest BCUT2D eigenvalue weighted by atomic mass is 16.3. The van der Waals surface area contributed by atoms with Crippen LogP contribution in [-0.4, -0.2) is 55.2 Å². The van der Waals surface area contributed by atoms with Crippen LogP contribution in [0, 0.1) is 5.92 Å². The van der Waals surface area contributed by atoms with Crippen LogP contribution in [0.5, 0.6) is 0 Å². The van der Waals surface area contributed by atoms with Gasteiger partial charge in [0.05, 0.1) is 6.54 Å². The molecule has 0 bridgehead atoms. The number of rotatable bonds is 8. The van der Waals surface area contributed by atoms with Crippen LogP contribution in [-0.2, 0) is 5.60 Å². The Morgan fingerprint density at radius 1 is 1.24 bits per heavy atom.